The zero-order chi connectivity index (χ0) is 22.5. The highest BCUT2D eigenvalue weighted by molar-refractivity contribution is 7.99. The molecule has 168 valence electrons. The molecule has 2 aromatic carbocycles. The predicted molar refractivity (Wildman–Crippen MR) is 123 cm³/mol. The second-order valence-corrected chi connectivity index (χ2v) is 9.19. The van der Waals surface area contributed by atoms with E-state index in [4.69, 9.17) is 4.74 Å². The molecule has 1 aliphatic heterocycles. The number of hydrogen-bond donors (Lipinski definition) is 3. The van der Waals surface area contributed by atoms with Crippen molar-refractivity contribution < 1.29 is 24.2 Å². The Labute approximate surface area is 190 Å². The van der Waals surface area contributed by atoms with E-state index in [-0.39, 0.29) is 18.6 Å². The highest BCUT2D eigenvalue weighted by atomic mass is 32.2. The number of carboxylic acid groups (broad SMARTS) is 1. The van der Waals surface area contributed by atoms with Crippen LogP contribution in [0.25, 0.3) is 11.1 Å². The number of aliphatic carboxylic acids is 1. The van der Waals surface area contributed by atoms with Gasteiger partial charge in [-0.2, -0.15) is 11.8 Å². The Morgan fingerprint density at radius 3 is 2.31 bits per heavy atom. The molecule has 32 heavy (non-hydrogen) atoms. The molecule has 0 aromatic heterocycles. The van der Waals surface area contributed by atoms with Gasteiger partial charge in [-0.15, -0.1) is 0 Å². The summed E-state index contributed by atoms with van der Waals surface area (Å²) in [5.74, 6) is 0.0778. The third kappa shape index (κ3) is 5.07. The van der Waals surface area contributed by atoms with Crippen LogP contribution in [0.15, 0.2) is 48.5 Å². The van der Waals surface area contributed by atoms with Gasteiger partial charge in [0.2, 0.25) is 5.91 Å². The van der Waals surface area contributed by atoms with Crippen LogP contribution in [-0.4, -0.2) is 53.3 Å². The van der Waals surface area contributed by atoms with E-state index >= 15 is 0 Å². The summed E-state index contributed by atoms with van der Waals surface area (Å²) in [5, 5.41) is 14.5. The summed E-state index contributed by atoms with van der Waals surface area (Å²) in [6.07, 6.45) is 0.546. The molecule has 0 saturated carbocycles. The lowest BCUT2D eigenvalue weighted by Gasteiger charge is -2.25. The maximum Gasteiger partial charge on any atom is 0.407 e. The van der Waals surface area contributed by atoms with E-state index < -0.39 is 30.4 Å². The highest BCUT2D eigenvalue weighted by Gasteiger charge is 2.31. The SMILES string of the molecule is O=C(O)CC(NC(=O)OCC1c2ccccc2-c2ccccc21)C(=O)NC1CCCSC1. The van der Waals surface area contributed by atoms with Gasteiger partial charge in [0, 0.05) is 17.7 Å². The van der Waals surface area contributed by atoms with E-state index in [0.29, 0.717) is 0 Å². The number of rotatable bonds is 7. The molecule has 1 aliphatic carbocycles. The van der Waals surface area contributed by atoms with Gasteiger partial charge in [-0.3, -0.25) is 9.59 Å². The van der Waals surface area contributed by atoms with Gasteiger partial charge >= 0.3 is 12.1 Å². The normalized spacial score (nSPS) is 18.2. The lowest BCUT2D eigenvalue weighted by molar-refractivity contribution is -0.140. The van der Waals surface area contributed by atoms with Crippen LogP contribution in [0, 0.1) is 0 Å². The van der Waals surface area contributed by atoms with E-state index in [2.05, 4.69) is 10.6 Å². The number of thioether (sulfide) groups is 1. The van der Waals surface area contributed by atoms with E-state index in [1.165, 1.54) is 0 Å². The molecular formula is C24H26N2O5S. The summed E-state index contributed by atoms with van der Waals surface area (Å²) in [7, 11) is 0. The van der Waals surface area contributed by atoms with Gasteiger partial charge < -0.3 is 20.5 Å². The molecule has 0 bridgehead atoms. The molecular weight excluding hydrogens is 428 g/mol. The van der Waals surface area contributed by atoms with Crippen LogP contribution in [0.2, 0.25) is 0 Å². The van der Waals surface area contributed by atoms with Crippen molar-refractivity contribution in [1.29, 1.82) is 0 Å². The first-order chi connectivity index (χ1) is 15.5. The van der Waals surface area contributed by atoms with Crippen molar-refractivity contribution in [1.82, 2.24) is 10.6 Å². The van der Waals surface area contributed by atoms with Crippen molar-refractivity contribution >= 4 is 29.7 Å². The van der Waals surface area contributed by atoms with E-state index in [1.54, 1.807) is 11.8 Å². The van der Waals surface area contributed by atoms with Gasteiger partial charge in [-0.1, -0.05) is 48.5 Å². The number of hydrogen-bond acceptors (Lipinski definition) is 5. The zero-order valence-corrected chi connectivity index (χ0v) is 18.4. The van der Waals surface area contributed by atoms with Crippen molar-refractivity contribution in [3.63, 3.8) is 0 Å². The topological polar surface area (TPSA) is 105 Å². The molecule has 2 aromatic rings. The molecule has 2 atom stereocenters. The first kappa shape index (κ1) is 22.2. The van der Waals surface area contributed by atoms with Crippen molar-refractivity contribution in [2.45, 2.75) is 37.3 Å². The Bertz CT molecular complexity index is 960. The molecule has 0 spiro atoms. The first-order valence-electron chi connectivity index (χ1n) is 10.7. The maximum absolute atomic E-state index is 12.6. The summed E-state index contributed by atoms with van der Waals surface area (Å²) in [6, 6.07) is 14.8. The zero-order valence-electron chi connectivity index (χ0n) is 17.6. The van der Waals surface area contributed by atoms with Gasteiger partial charge in [-0.05, 0) is 40.8 Å². The van der Waals surface area contributed by atoms with Crippen LogP contribution in [0.4, 0.5) is 4.79 Å². The van der Waals surface area contributed by atoms with Gasteiger partial charge in [0.15, 0.2) is 0 Å². The number of carbonyl (C=O) groups excluding carboxylic acids is 2. The molecule has 2 amide bonds. The maximum atomic E-state index is 12.6. The average Bonchev–Trinajstić information content (AvgIpc) is 3.11. The predicted octanol–water partition coefficient (Wildman–Crippen LogP) is 3.38. The second-order valence-electron chi connectivity index (χ2n) is 8.04. The van der Waals surface area contributed by atoms with Crippen LogP contribution in [0.3, 0.4) is 0 Å². The number of carbonyl (C=O) groups is 3. The molecule has 1 saturated heterocycles. The minimum Gasteiger partial charge on any atom is -0.481 e. The number of benzene rings is 2. The third-order valence-electron chi connectivity index (χ3n) is 5.84. The molecule has 3 N–H and O–H groups in total. The van der Waals surface area contributed by atoms with Crippen molar-refractivity contribution in [2.24, 2.45) is 0 Å². The standard InChI is InChI=1S/C24H26N2O5S/c27-22(28)12-21(23(29)25-15-6-5-11-32-14-15)26-24(30)31-13-20-18-9-3-1-7-16(18)17-8-2-4-10-19(17)20/h1-4,7-10,15,20-21H,5-6,11-14H2,(H,25,29)(H,26,30)(H,27,28). The molecule has 1 heterocycles. The lowest BCUT2D eigenvalue weighted by Crippen LogP contribution is -2.51. The van der Waals surface area contributed by atoms with Crippen LogP contribution in [0.5, 0.6) is 0 Å². The Hall–Kier alpha value is -3.00. The summed E-state index contributed by atoms with van der Waals surface area (Å²) >= 11 is 1.75. The largest absolute Gasteiger partial charge is 0.481 e. The van der Waals surface area contributed by atoms with Crippen molar-refractivity contribution in [2.75, 3.05) is 18.1 Å². The molecule has 2 unspecified atom stereocenters. The van der Waals surface area contributed by atoms with E-state index in [1.807, 2.05) is 48.5 Å². The molecule has 0 radical (unpaired) electrons. The number of amides is 2. The molecule has 7 nitrogen and oxygen atoms in total. The van der Waals surface area contributed by atoms with E-state index in [9.17, 15) is 19.5 Å². The van der Waals surface area contributed by atoms with E-state index in [0.717, 1.165) is 46.6 Å². The van der Waals surface area contributed by atoms with Crippen LogP contribution in [-0.2, 0) is 14.3 Å². The Balaban J connectivity index is 1.39. The minimum absolute atomic E-state index is 0.0122. The smallest absolute Gasteiger partial charge is 0.407 e. The quantitative estimate of drug-likeness (QED) is 0.593. The Morgan fingerprint density at radius 1 is 1.06 bits per heavy atom. The van der Waals surface area contributed by atoms with Gasteiger partial charge in [0.1, 0.15) is 12.6 Å². The second kappa shape index (κ2) is 10.1. The number of carboxylic acids is 1. The molecule has 4 rings (SSSR count). The molecule has 2 aliphatic rings. The summed E-state index contributed by atoms with van der Waals surface area (Å²) < 4.78 is 5.46. The average molecular weight is 455 g/mol. The van der Waals surface area contributed by atoms with Crippen molar-refractivity contribution in [3.05, 3.63) is 59.7 Å². The van der Waals surface area contributed by atoms with Gasteiger partial charge in [0.05, 0.1) is 6.42 Å². The first-order valence-corrected chi connectivity index (χ1v) is 11.9. The fraction of sp³-hybridized carbons (Fsp3) is 0.375. The fourth-order valence-electron chi connectivity index (χ4n) is 4.32. The van der Waals surface area contributed by atoms with Crippen molar-refractivity contribution in [3.8, 4) is 11.1 Å². The lowest BCUT2D eigenvalue weighted by atomic mass is 9.98. The Kier molecular flexibility index (Phi) is 6.99. The minimum atomic E-state index is -1.19. The van der Waals surface area contributed by atoms with Gasteiger partial charge in [0.25, 0.3) is 0 Å². The fourth-order valence-corrected chi connectivity index (χ4v) is 5.39. The third-order valence-corrected chi connectivity index (χ3v) is 7.05. The molecule has 1 fully saturated rings. The number of ether oxygens (including phenoxy) is 1. The summed E-state index contributed by atoms with van der Waals surface area (Å²) in [4.78, 5) is 36.4. The van der Waals surface area contributed by atoms with Crippen LogP contribution >= 0.6 is 11.8 Å². The monoisotopic (exact) mass is 454 g/mol. The number of nitrogens with one attached hydrogen (secondary N) is 2. The molecule has 8 heteroatoms. The van der Waals surface area contributed by atoms with Gasteiger partial charge in [-0.25, -0.2) is 4.79 Å². The number of fused-ring (bicyclic) bond motifs is 3. The summed E-state index contributed by atoms with van der Waals surface area (Å²) in [5.41, 5.74) is 4.39. The number of alkyl carbamates (subject to hydrolysis) is 1. The van der Waals surface area contributed by atoms with Crippen LogP contribution in [0.1, 0.15) is 36.3 Å². The van der Waals surface area contributed by atoms with Crippen LogP contribution < -0.4 is 10.6 Å². The Morgan fingerprint density at radius 2 is 1.72 bits per heavy atom. The highest BCUT2D eigenvalue weighted by Crippen LogP contribution is 2.44. The summed E-state index contributed by atoms with van der Waals surface area (Å²) in [6.45, 7) is 0.0978.